The van der Waals surface area contributed by atoms with Crippen molar-refractivity contribution in [2.75, 3.05) is 18.6 Å². The van der Waals surface area contributed by atoms with Crippen molar-refractivity contribution in [3.63, 3.8) is 0 Å². The summed E-state index contributed by atoms with van der Waals surface area (Å²) in [6.45, 7) is 10.2. The van der Waals surface area contributed by atoms with Gasteiger partial charge >= 0.3 is 12.2 Å². The van der Waals surface area contributed by atoms with E-state index in [0.717, 1.165) is 30.5 Å². The van der Waals surface area contributed by atoms with Crippen LogP contribution in [0.2, 0.25) is 0 Å². The zero-order valence-corrected chi connectivity index (χ0v) is 17.7. The van der Waals surface area contributed by atoms with E-state index in [-0.39, 0.29) is 12.0 Å². The van der Waals surface area contributed by atoms with Crippen molar-refractivity contribution < 1.29 is 19.1 Å². The molecule has 3 aliphatic rings. The Kier molecular flexibility index (Phi) is 4.44. The third kappa shape index (κ3) is 2.47. The molecule has 1 aliphatic carbocycles. The van der Waals surface area contributed by atoms with Crippen LogP contribution in [0.15, 0.2) is 36.9 Å². The lowest BCUT2D eigenvalue weighted by Crippen LogP contribution is -2.69. The predicted octanol–water partition coefficient (Wildman–Crippen LogP) is 4.83. The van der Waals surface area contributed by atoms with E-state index in [0.29, 0.717) is 13.0 Å². The molecular formula is C23H30N2O4. The summed E-state index contributed by atoms with van der Waals surface area (Å²) in [6.07, 6.45) is 4.48. The molecule has 0 aromatic heterocycles. The number of carbonyl (C=O) groups is 2. The molecular weight excluding hydrogens is 368 g/mol. The number of anilines is 1. The number of nitrogens with zero attached hydrogens (tertiary/aromatic N) is 2. The Morgan fingerprint density at radius 2 is 1.93 bits per heavy atom. The lowest BCUT2D eigenvalue weighted by molar-refractivity contribution is -0.0154. The molecule has 6 nitrogen and oxygen atoms in total. The van der Waals surface area contributed by atoms with Gasteiger partial charge in [-0.2, -0.15) is 0 Å². The van der Waals surface area contributed by atoms with E-state index in [2.05, 4.69) is 12.6 Å². The number of methoxy groups -OCH3 is 1. The minimum atomic E-state index is -0.844. The predicted molar refractivity (Wildman–Crippen MR) is 111 cm³/mol. The van der Waals surface area contributed by atoms with Gasteiger partial charge in [-0.05, 0) is 64.0 Å². The molecule has 2 heterocycles. The molecule has 1 aromatic rings. The van der Waals surface area contributed by atoms with E-state index in [1.54, 1.807) is 9.80 Å². The summed E-state index contributed by atoms with van der Waals surface area (Å²) in [5, 5.41) is 0. The monoisotopic (exact) mass is 398 g/mol. The molecule has 4 rings (SSSR count). The number of allylic oxidation sites excluding steroid dienone is 1. The number of hydrogen-bond acceptors (Lipinski definition) is 4. The summed E-state index contributed by atoms with van der Waals surface area (Å²) >= 11 is 0. The molecule has 0 radical (unpaired) electrons. The molecule has 1 unspecified atom stereocenters. The highest BCUT2D eigenvalue weighted by atomic mass is 16.6. The summed E-state index contributed by atoms with van der Waals surface area (Å²) in [5.74, 6) is 0.152. The maximum absolute atomic E-state index is 13.4. The topological polar surface area (TPSA) is 59.1 Å². The molecule has 0 spiro atoms. The van der Waals surface area contributed by atoms with Gasteiger partial charge in [0.1, 0.15) is 11.3 Å². The summed E-state index contributed by atoms with van der Waals surface area (Å²) < 4.78 is 11.0. The number of ether oxygens (including phenoxy) is 2. The second kappa shape index (κ2) is 6.51. The number of likely N-dealkylation sites (tertiary alicyclic amines) is 1. The Balaban J connectivity index is 1.96. The molecule has 1 saturated heterocycles. The highest BCUT2D eigenvalue weighted by molar-refractivity contribution is 5.95. The Morgan fingerprint density at radius 3 is 2.59 bits per heavy atom. The zero-order valence-electron chi connectivity index (χ0n) is 17.7. The first-order valence-electron chi connectivity index (χ1n) is 10.3. The molecule has 0 bridgehead atoms. The fourth-order valence-corrected chi connectivity index (χ4v) is 6.02. The first-order chi connectivity index (χ1) is 13.7. The minimum Gasteiger partial charge on any atom is -0.452 e. The highest BCUT2D eigenvalue weighted by Crippen LogP contribution is 2.66. The average molecular weight is 399 g/mol. The summed E-state index contributed by atoms with van der Waals surface area (Å²) in [4.78, 5) is 30.0. The molecule has 0 N–H and O–H groups in total. The molecule has 1 saturated carbocycles. The van der Waals surface area contributed by atoms with E-state index in [1.807, 2.05) is 45.0 Å². The van der Waals surface area contributed by atoms with Gasteiger partial charge in [0.05, 0.1) is 12.8 Å². The fraction of sp³-hybridized carbons (Fsp3) is 0.565. The second-order valence-corrected chi connectivity index (χ2v) is 9.23. The van der Waals surface area contributed by atoms with Crippen LogP contribution >= 0.6 is 0 Å². The Bertz CT molecular complexity index is 861. The van der Waals surface area contributed by atoms with Gasteiger partial charge in [0.25, 0.3) is 0 Å². The van der Waals surface area contributed by atoms with E-state index in [4.69, 9.17) is 9.47 Å². The van der Waals surface area contributed by atoms with Gasteiger partial charge in [0.2, 0.25) is 0 Å². The van der Waals surface area contributed by atoms with Crippen LogP contribution in [0.3, 0.4) is 0 Å². The molecule has 6 heteroatoms. The van der Waals surface area contributed by atoms with Crippen LogP contribution in [0.1, 0.15) is 52.0 Å². The zero-order chi connectivity index (χ0) is 21.0. The fourth-order valence-electron chi connectivity index (χ4n) is 6.02. The number of carbonyl (C=O) groups excluding carboxylic acids is 2. The van der Waals surface area contributed by atoms with Crippen molar-refractivity contribution >= 4 is 17.9 Å². The Labute approximate surface area is 172 Å². The van der Waals surface area contributed by atoms with Gasteiger partial charge in [-0.1, -0.05) is 24.3 Å². The van der Waals surface area contributed by atoms with Crippen LogP contribution in [0.25, 0.3) is 0 Å². The molecule has 2 fully saturated rings. The Hall–Kier alpha value is -2.50. The summed E-state index contributed by atoms with van der Waals surface area (Å²) in [7, 11) is 1.39. The maximum Gasteiger partial charge on any atom is 0.415 e. The second-order valence-electron chi connectivity index (χ2n) is 9.23. The normalized spacial score (nSPS) is 30.3. The first kappa shape index (κ1) is 19.8. The number of fused-ring (bicyclic) bond motifs is 1. The van der Waals surface area contributed by atoms with Crippen molar-refractivity contribution in [1.29, 1.82) is 0 Å². The smallest absolute Gasteiger partial charge is 0.415 e. The number of para-hydroxylation sites is 1. The average Bonchev–Trinajstić information content (AvgIpc) is 3.15. The van der Waals surface area contributed by atoms with Gasteiger partial charge in [0, 0.05) is 12.0 Å². The molecule has 3 atom stereocenters. The van der Waals surface area contributed by atoms with Gasteiger partial charge in [-0.15, -0.1) is 6.58 Å². The van der Waals surface area contributed by atoms with E-state index < -0.39 is 22.8 Å². The molecule has 1 aromatic carbocycles. The highest BCUT2D eigenvalue weighted by Gasteiger charge is 2.74. The van der Waals surface area contributed by atoms with Crippen LogP contribution in [-0.2, 0) is 14.9 Å². The quantitative estimate of drug-likeness (QED) is 0.636. The van der Waals surface area contributed by atoms with E-state index >= 15 is 0 Å². The van der Waals surface area contributed by atoms with E-state index in [1.165, 1.54) is 7.11 Å². The number of rotatable bonds is 1. The van der Waals surface area contributed by atoms with Gasteiger partial charge in [-0.25, -0.2) is 9.59 Å². The lowest BCUT2D eigenvalue weighted by atomic mass is 9.58. The largest absolute Gasteiger partial charge is 0.452 e. The Morgan fingerprint density at radius 1 is 1.21 bits per heavy atom. The van der Waals surface area contributed by atoms with Gasteiger partial charge < -0.3 is 9.47 Å². The van der Waals surface area contributed by atoms with Crippen LogP contribution in [-0.4, -0.2) is 42.0 Å². The van der Waals surface area contributed by atoms with Crippen LogP contribution in [0, 0.1) is 5.92 Å². The van der Waals surface area contributed by atoms with Crippen LogP contribution < -0.4 is 4.90 Å². The van der Waals surface area contributed by atoms with Gasteiger partial charge in [0.15, 0.2) is 0 Å². The van der Waals surface area contributed by atoms with Crippen LogP contribution in [0.4, 0.5) is 15.3 Å². The number of benzene rings is 1. The summed E-state index contributed by atoms with van der Waals surface area (Å²) in [6, 6.07) is 7.97. The lowest BCUT2D eigenvalue weighted by Gasteiger charge is -2.54. The standard InChI is InChI=1S/C23H30N2O4/c1-6-16-10-9-13-23-22(16,14-15-24(23)19(26)29-21(2,3)4)17-11-7-8-12-18(17)25(23)20(27)28-5/h6-8,11-12,16H,1,9-10,13-15H2,2-5H3/t16?,22-,23-/m1/s1. The minimum absolute atomic E-state index is 0.152. The van der Waals surface area contributed by atoms with Crippen molar-refractivity contribution in [2.45, 2.75) is 63.1 Å². The third-order valence-corrected chi connectivity index (χ3v) is 6.82. The van der Waals surface area contributed by atoms with Crippen molar-refractivity contribution in [3.05, 3.63) is 42.5 Å². The van der Waals surface area contributed by atoms with Crippen LogP contribution in [0.5, 0.6) is 0 Å². The third-order valence-electron chi connectivity index (χ3n) is 6.82. The molecule has 2 aliphatic heterocycles. The maximum atomic E-state index is 13.4. The molecule has 2 amide bonds. The van der Waals surface area contributed by atoms with Gasteiger partial charge in [-0.3, -0.25) is 9.80 Å². The molecule has 156 valence electrons. The van der Waals surface area contributed by atoms with Crippen molar-refractivity contribution in [3.8, 4) is 0 Å². The van der Waals surface area contributed by atoms with Crippen molar-refractivity contribution in [2.24, 2.45) is 5.92 Å². The number of hydrogen-bond donors (Lipinski definition) is 0. The molecule has 29 heavy (non-hydrogen) atoms. The summed E-state index contributed by atoms with van der Waals surface area (Å²) in [5.41, 5.74) is 0.0488. The van der Waals surface area contributed by atoms with Crippen molar-refractivity contribution in [1.82, 2.24) is 4.90 Å². The van der Waals surface area contributed by atoms with E-state index in [9.17, 15) is 9.59 Å². The number of amides is 2. The first-order valence-corrected chi connectivity index (χ1v) is 10.3. The SMILES string of the molecule is C=CC1CCC[C@]23N(C(=O)OC(C)(C)C)CC[C@]12c1ccccc1N3C(=O)OC.